The minimum Gasteiger partial charge on any atom is -0.374 e. The Morgan fingerprint density at radius 2 is 2.15 bits per heavy atom. The molecule has 2 aromatic carbocycles. The Morgan fingerprint density at radius 3 is 2.96 bits per heavy atom. The standard InChI is InChI=1S/C20H19FN2O3/c21-19-7-2-1-5-17(19)13-25-14-18-12-23(8-9-26-18)20(24)16-6-3-4-15(10-16)11-22/h1-7,10,18H,8-9,12-14H2. The van der Waals surface area contributed by atoms with Crippen molar-refractivity contribution in [3.63, 3.8) is 0 Å². The normalized spacial score (nSPS) is 16.9. The molecule has 0 bridgehead atoms. The lowest BCUT2D eigenvalue weighted by atomic mass is 10.1. The Morgan fingerprint density at radius 1 is 1.31 bits per heavy atom. The van der Waals surface area contributed by atoms with E-state index in [1.807, 2.05) is 6.07 Å². The Balaban J connectivity index is 1.54. The van der Waals surface area contributed by atoms with Crippen LogP contribution in [0.5, 0.6) is 0 Å². The van der Waals surface area contributed by atoms with Crippen LogP contribution in [0, 0.1) is 17.1 Å². The third-order valence-corrected chi connectivity index (χ3v) is 4.18. The van der Waals surface area contributed by atoms with E-state index in [-0.39, 0.29) is 31.0 Å². The SMILES string of the molecule is N#Cc1cccc(C(=O)N2CCOC(COCc3ccccc3F)C2)c1. The van der Waals surface area contributed by atoms with Crippen molar-refractivity contribution in [1.82, 2.24) is 4.90 Å². The van der Waals surface area contributed by atoms with Crippen molar-refractivity contribution in [3.8, 4) is 6.07 Å². The van der Waals surface area contributed by atoms with E-state index < -0.39 is 0 Å². The first-order valence-corrected chi connectivity index (χ1v) is 8.39. The number of rotatable bonds is 5. The van der Waals surface area contributed by atoms with Gasteiger partial charge in [-0.3, -0.25) is 4.79 Å². The zero-order chi connectivity index (χ0) is 18.4. The molecule has 5 nitrogen and oxygen atoms in total. The maximum atomic E-state index is 13.6. The zero-order valence-corrected chi connectivity index (χ0v) is 14.2. The zero-order valence-electron chi connectivity index (χ0n) is 14.2. The van der Waals surface area contributed by atoms with Crippen LogP contribution in [-0.4, -0.2) is 43.2 Å². The minimum absolute atomic E-state index is 0.135. The lowest BCUT2D eigenvalue weighted by Gasteiger charge is -2.33. The molecule has 1 unspecified atom stereocenters. The number of carbonyl (C=O) groups excluding carboxylic acids is 1. The van der Waals surface area contributed by atoms with Crippen LogP contribution in [0.2, 0.25) is 0 Å². The van der Waals surface area contributed by atoms with Crippen LogP contribution >= 0.6 is 0 Å². The average molecular weight is 354 g/mol. The van der Waals surface area contributed by atoms with E-state index in [9.17, 15) is 9.18 Å². The molecular weight excluding hydrogens is 335 g/mol. The van der Waals surface area contributed by atoms with Gasteiger partial charge in [-0.05, 0) is 24.3 Å². The largest absolute Gasteiger partial charge is 0.374 e. The first-order chi connectivity index (χ1) is 12.7. The number of amides is 1. The van der Waals surface area contributed by atoms with Crippen LogP contribution in [0.25, 0.3) is 0 Å². The Bertz CT molecular complexity index is 819. The van der Waals surface area contributed by atoms with Gasteiger partial charge in [0.2, 0.25) is 0 Å². The summed E-state index contributed by atoms with van der Waals surface area (Å²) in [5, 5.41) is 8.97. The van der Waals surface area contributed by atoms with Crippen molar-refractivity contribution in [2.75, 3.05) is 26.3 Å². The molecule has 0 radical (unpaired) electrons. The summed E-state index contributed by atoms with van der Waals surface area (Å²) in [6.45, 7) is 1.73. The van der Waals surface area contributed by atoms with Crippen molar-refractivity contribution in [1.29, 1.82) is 5.26 Å². The lowest BCUT2D eigenvalue weighted by Crippen LogP contribution is -2.47. The van der Waals surface area contributed by atoms with E-state index in [0.29, 0.717) is 36.4 Å². The first-order valence-electron chi connectivity index (χ1n) is 8.39. The van der Waals surface area contributed by atoms with Crippen LogP contribution in [-0.2, 0) is 16.1 Å². The van der Waals surface area contributed by atoms with Gasteiger partial charge in [0.15, 0.2) is 0 Å². The van der Waals surface area contributed by atoms with Crippen molar-refractivity contribution in [2.45, 2.75) is 12.7 Å². The van der Waals surface area contributed by atoms with Crippen molar-refractivity contribution < 1.29 is 18.7 Å². The number of nitriles is 1. The molecule has 1 saturated heterocycles. The van der Waals surface area contributed by atoms with Gasteiger partial charge in [0.1, 0.15) is 5.82 Å². The fraction of sp³-hybridized carbons (Fsp3) is 0.300. The summed E-state index contributed by atoms with van der Waals surface area (Å²) in [4.78, 5) is 14.3. The molecule has 1 aliphatic heterocycles. The second-order valence-corrected chi connectivity index (χ2v) is 6.04. The summed E-state index contributed by atoms with van der Waals surface area (Å²) in [5.41, 5.74) is 1.43. The van der Waals surface area contributed by atoms with Gasteiger partial charge >= 0.3 is 0 Å². The number of halogens is 1. The van der Waals surface area contributed by atoms with Gasteiger partial charge < -0.3 is 14.4 Å². The van der Waals surface area contributed by atoms with Crippen molar-refractivity contribution in [3.05, 3.63) is 71.0 Å². The third-order valence-electron chi connectivity index (χ3n) is 4.18. The maximum Gasteiger partial charge on any atom is 0.254 e. The summed E-state index contributed by atoms with van der Waals surface area (Å²) in [6, 6.07) is 15.1. The van der Waals surface area contributed by atoms with Crippen molar-refractivity contribution >= 4 is 5.91 Å². The summed E-state index contributed by atoms with van der Waals surface area (Å²) < 4.78 is 24.8. The number of ether oxygens (including phenoxy) is 2. The molecule has 0 N–H and O–H groups in total. The highest BCUT2D eigenvalue weighted by Crippen LogP contribution is 2.14. The molecule has 0 spiro atoms. The summed E-state index contributed by atoms with van der Waals surface area (Å²) in [6.07, 6.45) is -0.265. The van der Waals surface area contributed by atoms with Gasteiger partial charge in [-0.2, -0.15) is 5.26 Å². The molecule has 3 rings (SSSR count). The van der Waals surface area contributed by atoms with E-state index in [1.54, 1.807) is 47.4 Å². The van der Waals surface area contributed by atoms with Gasteiger partial charge in [0.25, 0.3) is 5.91 Å². The van der Waals surface area contributed by atoms with E-state index >= 15 is 0 Å². The van der Waals surface area contributed by atoms with Gasteiger partial charge in [-0.1, -0.05) is 24.3 Å². The fourth-order valence-corrected chi connectivity index (χ4v) is 2.82. The Kier molecular flexibility index (Phi) is 5.95. The highest BCUT2D eigenvalue weighted by atomic mass is 19.1. The predicted molar refractivity (Wildman–Crippen MR) is 92.9 cm³/mol. The van der Waals surface area contributed by atoms with Crippen molar-refractivity contribution in [2.24, 2.45) is 0 Å². The number of nitrogens with zero attached hydrogens (tertiary/aromatic N) is 2. The second kappa shape index (κ2) is 8.56. The molecule has 1 atom stereocenters. The number of hydrogen-bond donors (Lipinski definition) is 0. The second-order valence-electron chi connectivity index (χ2n) is 6.04. The molecule has 1 amide bonds. The first kappa shape index (κ1) is 18.1. The van der Waals surface area contributed by atoms with Crippen LogP contribution in [0.3, 0.4) is 0 Å². The topological polar surface area (TPSA) is 62.6 Å². The monoisotopic (exact) mass is 354 g/mol. The third kappa shape index (κ3) is 4.45. The molecule has 1 aliphatic rings. The van der Waals surface area contributed by atoms with Gasteiger partial charge in [0.05, 0.1) is 37.6 Å². The van der Waals surface area contributed by atoms with Crippen LogP contribution in [0.1, 0.15) is 21.5 Å². The molecule has 1 heterocycles. The number of benzene rings is 2. The molecule has 1 fully saturated rings. The van der Waals surface area contributed by atoms with Gasteiger partial charge in [0, 0.05) is 24.2 Å². The van der Waals surface area contributed by atoms with Gasteiger partial charge in [-0.25, -0.2) is 4.39 Å². The molecule has 26 heavy (non-hydrogen) atoms. The number of hydrogen-bond acceptors (Lipinski definition) is 4. The summed E-state index contributed by atoms with van der Waals surface area (Å²) >= 11 is 0. The smallest absolute Gasteiger partial charge is 0.254 e. The predicted octanol–water partition coefficient (Wildman–Crippen LogP) is 2.76. The molecule has 6 heteroatoms. The van der Waals surface area contributed by atoms with E-state index in [1.165, 1.54) is 6.07 Å². The van der Waals surface area contributed by atoms with Crippen LogP contribution < -0.4 is 0 Å². The summed E-state index contributed by atoms with van der Waals surface area (Å²) in [5.74, 6) is -0.434. The Labute approximate surface area is 151 Å². The minimum atomic E-state index is -0.300. The van der Waals surface area contributed by atoms with E-state index in [0.717, 1.165) is 0 Å². The molecule has 134 valence electrons. The highest BCUT2D eigenvalue weighted by molar-refractivity contribution is 5.94. The van der Waals surface area contributed by atoms with E-state index in [4.69, 9.17) is 14.7 Å². The van der Waals surface area contributed by atoms with Crippen LogP contribution in [0.4, 0.5) is 4.39 Å². The lowest BCUT2D eigenvalue weighted by molar-refractivity contribution is -0.0649. The fourth-order valence-electron chi connectivity index (χ4n) is 2.82. The molecular formula is C20H19FN2O3. The quantitative estimate of drug-likeness (QED) is 0.828. The number of carbonyl (C=O) groups is 1. The van der Waals surface area contributed by atoms with Crippen LogP contribution in [0.15, 0.2) is 48.5 Å². The van der Waals surface area contributed by atoms with E-state index in [2.05, 4.69) is 0 Å². The van der Waals surface area contributed by atoms with Gasteiger partial charge in [-0.15, -0.1) is 0 Å². The molecule has 0 saturated carbocycles. The molecule has 0 aliphatic carbocycles. The average Bonchev–Trinajstić information content (AvgIpc) is 2.69. The summed E-state index contributed by atoms with van der Waals surface area (Å²) in [7, 11) is 0. The maximum absolute atomic E-state index is 13.6. The highest BCUT2D eigenvalue weighted by Gasteiger charge is 2.25. The molecule has 0 aromatic heterocycles. The number of morpholine rings is 1. The Hall–Kier alpha value is -2.75. The molecule has 2 aromatic rings.